The van der Waals surface area contributed by atoms with E-state index in [-0.39, 0.29) is 40.7 Å². The number of phenolic OH excluding ortho intramolecular Hbond substituents is 3. The van der Waals surface area contributed by atoms with Gasteiger partial charge >= 0.3 is 0 Å². The molecule has 2 heterocycles. The molecule has 10 nitrogen and oxygen atoms in total. The average Bonchev–Trinajstić information content (AvgIpc) is 2.71. The second-order valence-corrected chi connectivity index (χ2v) is 7.60. The SMILES string of the molecule is C[C@@H]1O[C@H](Oc2cc(O)cc3c2C(=O)C[C@H](c2ccc(O)c(O)c2)O3)[C@@H](O)[C@@H](O)[C@H]1O. The van der Waals surface area contributed by atoms with E-state index in [1.54, 1.807) is 0 Å². The second-order valence-electron chi connectivity index (χ2n) is 7.60. The van der Waals surface area contributed by atoms with Gasteiger partial charge in [0.2, 0.25) is 6.29 Å². The molecule has 10 heteroatoms. The summed E-state index contributed by atoms with van der Waals surface area (Å²) in [6.07, 6.45) is -7.61. The van der Waals surface area contributed by atoms with Crippen molar-refractivity contribution in [1.82, 2.24) is 0 Å². The van der Waals surface area contributed by atoms with Crippen molar-refractivity contribution in [2.24, 2.45) is 0 Å². The third-order valence-corrected chi connectivity index (χ3v) is 5.39. The molecular formula is C21H22O10. The van der Waals surface area contributed by atoms with Gasteiger partial charge in [-0.3, -0.25) is 4.79 Å². The summed E-state index contributed by atoms with van der Waals surface area (Å²) >= 11 is 0. The van der Waals surface area contributed by atoms with Crippen LogP contribution in [0.1, 0.15) is 35.4 Å². The number of Topliss-reactive ketones (excluding diaryl/α,β-unsaturated/α-hetero) is 1. The first kappa shape index (κ1) is 21.2. The first-order valence-corrected chi connectivity index (χ1v) is 9.60. The molecule has 166 valence electrons. The maximum absolute atomic E-state index is 12.9. The molecule has 0 bridgehead atoms. The number of hydrogen-bond donors (Lipinski definition) is 6. The molecule has 6 atom stereocenters. The fourth-order valence-electron chi connectivity index (χ4n) is 3.66. The number of ketones is 1. The number of benzene rings is 2. The molecule has 6 N–H and O–H groups in total. The standard InChI is InChI=1S/C21H22O10/c1-8-18(26)19(27)20(28)21(29-8)31-16-6-10(22)5-15-17(16)13(25)7-14(30-15)9-2-3-11(23)12(24)4-9/h2-6,8,14,18-24,26-28H,7H2,1H3/t8-,14+,18-,19-,20-,21+/m0/s1. The number of phenols is 3. The minimum Gasteiger partial charge on any atom is -0.508 e. The number of aliphatic hydroxyl groups is 3. The summed E-state index contributed by atoms with van der Waals surface area (Å²) in [5.41, 5.74) is 0.457. The Hall–Kier alpha value is -3.05. The van der Waals surface area contributed by atoms with Crippen LogP contribution in [0.5, 0.6) is 28.7 Å². The van der Waals surface area contributed by atoms with E-state index in [0.29, 0.717) is 5.56 Å². The van der Waals surface area contributed by atoms with E-state index in [1.807, 2.05) is 0 Å². The van der Waals surface area contributed by atoms with Crippen LogP contribution in [-0.2, 0) is 4.74 Å². The number of ether oxygens (including phenoxy) is 3. The fraction of sp³-hybridized carbons (Fsp3) is 0.381. The molecule has 0 radical (unpaired) electrons. The molecule has 1 saturated heterocycles. The van der Waals surface area contributed by atoms with Crippen molar-refractivity contribution in [2.75, 3.05) is 0 Å². The van der Waals surface area contributed by atoms with E-state index in [9.17, 15) is 35.4 Å². The monoisotopic (exact) mass is 434 g/mol. The molecule has 2 aliphatic heterocycles. The molecule has 2 aromatic carbocycles. The van der Waals surface area contributed by atoms with Gasteiger partial charge in [-0.15, -0.1) is 0 Å². The van der Waals surface area contributed by atoms with Crippen LogP contribution in [0, 0.1) is 0 Å². The lowest BCUT2D eigenvalue weighted by atomic mass is 9.95. The third-order valence-electron chi connectivity index (χ3n) is 5.39. The molecule has 0 aliphatic carbocycles. The summed E-state index contributed by atoms with van der Waals surface area (Å²) in [6.45, 7) is 1.49. The first-order chi connectivity index (χ1) is 14.7. The van der Waals surface area contributed by atoms with Gasteiger partial charge in [0.15, 0.2) is 17.3 Å². The smallest absolute Gasteiger partial charge is 0.229 e. The van der Waals surface area contributed by atoms with Crippen LogP contribution in [0.25, 0.3) is 0 Å². The van der Waals surface area contributed by atoms with Crippen LogP contribution in [-0.4, -0.2) is 67.1 Å². The Morgan fingerprint density at radius 2 is 1.71 bits per heavy atom. The number of aromatic hydroxyl groups is 3. The number of carbonyl (C=O) groups is 1. The number of aliphatic hydroxyl groups excluding tert-OH is 3. The number of fused-ring (bicyclic) bond motifs is 1. The Morgan fingerprint density at radius 3 is 2.42 bits per heavy atom. The zero-order valence-electron chi connectivity index (χ0n) is 16.4. The van der Waals surface area contributed by atoms with Gasteiger partial charge in [0, 0.05) is 12.1 Å². The van der Waals surface area contributed by atoms with Crippen molar-refractivity contribution >= 4 is 5.78 Å². The lowest BCUT2D eigenvalue weighted by Gasteiger charge is -2.39. The first-order valence-electron chi connectivity index (χ1n) is 9.60. The zero-order valence-corrected chi connectivity index (χ0v) is 16.4. The van der Waals surface area contributed by atoms with Crippen molar-refractivity contribution in [3.63, 3.8) is 0 Å². The summed E-state index contributed by atoms with van der Waals surface area (Å²) in [4.78, 5) is 12.9. The predicted molar refractivity (Wildman–Crippen MR) is 103 cm³/mol. The van der Waals surface area contributed by atoms with Crippen LogP contribution in [0.2, 0.25) is 0 Å². The molecular weight excluding hydrogens is 412 g/mol. The number of hydrogen-bond acceptors (Lipinski definition) is 10. The van der Waals surface area contributed by atoms with Crippen molar-refractivity contribution in [2.45, 2.75) is 50.2 Å². The largest absolute Gasteiger partial charge is 0.508 e. The summed E-state index contributed by atoms with van der Waals surface area (Å²) in [5, 5.41) is 59.3. The van der Waals surface area contributed by atoms with E-state index in [2.05, 4.69) is 0 Å². The van der Waals surface area contributed by atoms with Crippen LogP contribution in [0.3, 0.4) is 0 Å². The van der Waals surface area contributed by atoms with Gasteiger partial charge in [-0.1, -0.05) is 6.07 Å². The predicted octanol–water partition coefficient (Wildman–Crippen LogP) is 0.716. The van der Waals surface area contributed by atoms with Gasteiger partial charge in [0.05, 0.1) is 12.5 Å². The van der Waals surface area contributed by atoms with Crippen LogP contribution in [0.4, 0.5) is 0 Å². The van der Waals surface area contributed by atoms with Gasteiger partial charge in [0.1, 0.15) is 47.2 Å². The van der Waals surface area contributed by atoms with E-state index in [4.69, 9.17) is 14.2 Å². The Kier molecular flexibility index (Phi) is 5.40. The number of carbonyl (C=O) groups excluding carboxylic acids is 1. The molecule has 31 heavy (non-hydrogen) atoms. The van der Waals surface area contributed by atoms with Crippen molar-refractivity contribution in [3.05, 3.63) is 41.5 Å². The summed E-state index contributed by atoms with van der Waals surface area (Å²) in [5.74, 6) is -1.46. The summed E-state index contributed by atoms with van der Waals surface area (Å²) < 4.78 is 16.8. The molecule has 0 unspecified atom stereocenters. The van der Waals surface area contributed by atoms with Gasteiger partial charge in [0.25, 0.3) is 0 Å². The Bertz CT molecular complexity index is 1010. The lowest BCUT2D eigenvalue weighted by Crippen LogP contribution is -2.58. The minimum absolute atomic E-state index is 0.0149. The molecule has 0 amide bonds. The molecule has 4 rings (SSSR count). The molecule has 1 fully saturated rings. The number of rotatable bonds is 3. The Labute approximate surface area is 176 Å². The summed E-state index contributed by atoms with van der Waals surface area (Å²) in [6, 6.07) is 6.43. The second kappa shape index (κ2) is 7.89. The highest BCUT2D eigenvalue weighted by molar-refractivity contribution is 6.02. The van der Waals surface area contributed by atoms with Gasteiger partial charge in [-0.2, -0.15) is 0 Å². The molecule has 0 saturated carbocycles. The molecule has 2 aromatic rings. The third kappa shape index (κ3) is 3.86. The zero-order chi connectivity index (χ0) is 22.4. The molecule has 2 aliphatic rings. The van der Waals surface area contributed by atoms with Gasteiger partial charge < -0.3 is 44.8 Å². The minimum atomic E-state index is -1.60. The van der Waals surface area contributed by atoms with E-state index >= 15 is 0 Å². The Balaban J connectivity index is 1.64. The van der Waals surface area contributed by atoms with E-state index in [1.165, 1.54) is 31.2 Å². The van der Waals surface area contributed by atoms with Crippen LogP contribution < -0.4 is 9.47 Å². The van der Waals surface area contributed by atoms with Crippen molar-refractivity contribution in [1.29, 1.82) is 0 Å². The van der Waals surface area contributed by atoms with Gasteiger partial charge in [-0.05, 0) is 24.6 Å². The van der Waals surface area contributed by atoms with Gasteiger partial charge in [-0.25, -0.2) is 0 Å². The quantitative estimate of drug-likeness (QED) is 0.379. The lowest BCUT2D eigenvalue weighted by molar-refractivity contribution is -0.268. The molecule has 0 spiro atoms. The highest BCUT2D eigenvalue weighted by atomic mass is 16.7. The maximum atomic E-state index is 12.9. The van der Waals surface area contributed by atoms with E-state index in [0.717, 1.165) is 6.07 Å². The maximum Gasteiger partial charge on any atom is 0.229 e. The Morgan fingerprint density at radius 1 is 0.968 bits per heavy atom. The van der Waals surface area contributed by atoms with Crippen LogP contribution in [0.15, 0.2) is 30.3 Å². The van der Waals surface area contributed by atoms with E-state index < -0.39 is 42.6 Å². The summed E-state index contributed by atoms with van der Waals surface area (Å²) in [7, 11) is 0. The molecule has 0 aromatic heterocycles. The topological polar surface area (TPSA) is 166 Å². The van der Waals surface area contributed by atoms with Crippen molar-refractivity contribution < 1.29 is 49.6 Å². The average molecular weight is 434 g/mol. The van der Waals surface area contributed by atoms with Crippen molar-refractivity contribution in [3.8, 4) is 28.7 Å². The highest BCUT2D eigenvalue weighted by Gasteiger charge is 2.44. The normalized spacial score (nSPS) is 30.4. The van der Waals surface area contributed by atoms with Crippen LogP contribution >= 0.6 is 0 Å². The fourth-order valence-corrected chi connectivity index (χ4v) is 3.66. The highest BCUT2D eigenvalue weighted by Crippen LogP contribution is 2.43.